The number of carbonyl (C=O) groups is 2. The molecule has 1 heterocycles. The van der Waals surface area contributed by atoms with Crippen LogP contribution in [0.5, 0.6) is 0 Å². The maximum absolute atomic E-state index is 13.4. The number of H-pyrrole nitrogens is 1. The Bertz CT molecular complexity index is 1160. The van der Waals surface area contributed by atoms with Crippen molar-refractivity contribution in [3.63, 3.8) is 0 Å². The van der Waals surface area contributed by atoms with Crippen LogP contribution < -0.4 is 0 Å². The van der Waals surface area contributed by atoms with Crippen molar-refractivity contribution in [2.45, 2.75) is 25.7 Å². The fraction of sp³-hybridized carbons (Fsp3) is 0.227. The van der Waals surface area contributed by atoms with E-state index in [9.17, 15) is 23.6 Å². The minimum Gasteiger partial charge on any atom is -0.358 e. The van der Waals surface area contributed by atoms with E-state index in [0.29, 0.717) is 6.07 Å². The first kappa shape index (κ1) is 18.1. The highest BCUT2D eigenvalue weighted by molar-refractivity contribution is 6.18. The topological polar surface area (TPSA) is 73.7 Å². The number of halogens is 2. The van der Waals surface area contributed by atoms with Gasteiger partial charge in [-0.25, -0.2) is 8.78 Å². The molecule has 2 aromatic carbocycles. The van der Waals surface area contributed by atoms with Crippen molar-refractivity contribution < 1.29 is 18.4 Å². The molecule has 6 heteroatoms. The number of hydrogen-bond acceptors (Lipinski definition) is 3. The van der Waals surface area contributed by atoms with Gasteiger partial charge in [-0.15, -0.1) is 0 Å². The molecule has 0 saturated carbocycles. The number of aryl methyl sites for hydroxylation is 2. The smallest absolute Gasteiger partial charge is 0.188 e. The number of nitrogens with zero attached hydrogens (tertiary/aromatic N) is 1. The zero-order valence-electron chi connectivity index (χ0n) is 14.9. The molecule has 0 amide bonds. The highest BCUT2D eigenvalue weighted by Gasteiger charge is 2.29. The zero-order chi connectivity index (χ0) is 19.8. The van der Waals surface area contributed by atoms with E-state index in [0.717, 1.165) is 48.7 Å². The molecule has 3 aromatic rings. The minimum absolute atomic E-state index is 0.209. The Morgan fingerprint density at radius 1 is 0.964 bits per heavy atom. The van der Waals surface area contributed by atoms with Gasteiger partial charge in [0.25, 0.3) is 0 Å². The van der Waals surface area contributed by atoms with Gasteiger partial charge in [0.05, 0.1) is 6.07 Å². The van der Waals surface area contributed by atoms with Crippen LogP contribution in [-0.4, -0.2) is 16.6 Å². The van der Waals surface area contributed by atoms with Crippen LogP contribution in [0.2, 0.25) is 0 Å². The molecule has 140 valence electrons. The van der Waals surface area contributed by atoms with E-state index in [1.165, 1.54) is 11.3 Å². The Hall–Kier alpha value is -3.33. The standard InChI is InChI=1S/C22H16F2N2O2/c23-17-7-5-13(10-18(17)24)22(28)16(11-25)21(27)12-6-8-20-15(9-12)14-3-1-2-4-19(14)26-20/h5-10,16,26H,1-4H2/t16-/m0/s1. The summed E-state index contributed by atoms with van der Waals surface area (Å²) in [5.41, 5.74) is 3.31. The summed E-state index contributed by atoms with van der Waals surface area (Å²) in [6.45, 7) is 0. The molecule has 1 N–H and O–H groups in total. The van der Waals surface area contributed by atoms with Gasteiger partial charge < -0.3 is 4.98 Å². The van der Waals surface area contributed by atoms with Crippen LogP contribution in [0.25, 0.3) is 10.9 Å². The van der Waals surface area contributed by atoms with E-state index in [2.05, 4.69) is 4.98 Å². The monoisotopic (exact) mass is 378 g/mol. The number of Topliss-reactive ketones (excluding diaryl/α,β-unsaturated/α-hetero) is 2. The molecule has 1 aromatic heterocycles. The lowest BCUT2D eigenvalue weighted by Gasteiger charge is -2.11. The second-order valence-corrected chi connectivity index (χ2v) is 6.97. The second-order valence-electron chi connectivity index (χ2n) is 6.97. The van der Waals surface area contributed by atoms with Gasteiger partial charge in [0.1, 0.15) is 0 Å². The number of hydrogen-bond donors (Lipinski definition) is 1. The Balaban J connectivity index is 1.69. The van der Waals surface area contributed by atoms with Crippen molar-refractivity contribution in [2.24, 2.45) is 5.92 Å². The summed E-state index contributed by atoms with van der Waals surface area (Å²) in [5, 5.41) is 10.3. The number of fused-ring (bicyclic) bond motifs is 3. The normalized spacial score (nSPS) is 14.3. The number of nitriles is 1. The maximum atomic E-state index is 13.4. The first-order chi connectivity index (χ1) is 13.5. The van der Waals surface area contributed by atoms with E-state index in [4.69, 9.17) is 0 Å². The third-order valence-corrected chi connectivity index (χ3v) is 5.24. The van der Waals surface area contributed by atoms with Crippen molar-refractivity contribution in [3.8, 4) is 6.07 Å². The maximum Gasteiger partial charge on any atom is 0.188 e. The first-order valence-corrected chi connectivity index (χ1v) is 9.06. The molecule has 1 atom stereocenters. The summed E-state index contributed by atoms with van der Waals surface area (Å²) in [6, 6.07) is 9.37. The molecule has 4 rings (SSSR count). The van der Waals surface area contributed by atoms with Crippen LogP contribution in [0.1, 0.15) is 44.8 Å². The number of ketones is 2. The van der Waals surface area contributed by atoms with Gasteiger partial charge in [-0.1, -0.05) is 0 Å². The number of nitrogens with one attached hydrogen (secondary N) is 1. The third kappa shape index (κ3) is 2.99. The summed E-state index contributed by atoms with van der Waals surface area (Å²) >= 11 is 0. The average molecular weight is 378 g/mol. The molecule has 28 heavy (non-hydrogen) atoms. The van der Waals surface area contributed by atoms with Crippen molar-refractivity contribution >= 4 is 22.5 Å². The number of carbonyl (C=O) groups excluding carboxylic acids is 2. The third-order valence-electron chi connectivity index (χ3n) is 5.24. The Morgan fingerprint density at radius 2 is 1.64 bits per heavy atom. The van der Waals surface area contributed by atoms with Crippen LogP contribution in [0.3, 0.4) is 0 Å². The van der Waals surface area contributed by atoms with Crippen molar-refractivity contribution in [1.29, 1.82) is 5.26 Å². The largest absolute Gasteiger partial charge is 0.358 e. The van der Waals surface area contributed by atoms with E-state index < -0.39 is 29.1 Å². The molecule has 0 unspecified atom stereocenters. The molecule has 0 radical (unpaired) electrons. The zero-order valence-corrected chi connectivity index (χ0v) is 14.9. The molecule has 1 aliphatic carbocycles. The van der Waals surface area contributed by atoms with Gasteiger partial charge in [-0.2, -0.15) is 5.26 Å². The highest BCUT2D eigenvalue weighted by Crippen LogP contribution is 2.30. The average Bonchev–Trinajstić information content (AvgIpc) is 3.08. The predicted molar refractivity (Wildman–Crippen MR) is 99.1 cm³/mol. The summed E-state index contributed by atoms with van der Waals surface area (Å²) in [5.74, 6) is -5.40. The molecule has 0 spiro atoms. The summed E-state index contributed by atoms with van der Waals surface area (Å²) in [4.78, 5) is 28.8. The minimum atomic E-state index is -1.61. The first-order valence-electron chi connectivity index (χ1n) is 9.06. The molecule has 4 nitrogen and oxygen atoms in total. The summed E-state index contributed by atoms with van der Waals surface area (Å²) in [7, 11) is 0. The van der Waals surface area contributed by atoms with Crippen molar-refractivity contribution in [2.75, 3.05) is 0 Å². The van der Waals surface area contributed by atoms with Crippen molar-refractivity contribution in [3.05, 3.63) is 70.4 Å². The van der Waals surface area contributed by atoms with Gasteiger partial charge in [0.15, 0.2) is 29.1 Å². The Morgan fingerprint density at radius 3 is 2.36 bits per heavy atom. The molecule has 0 saturated heterocycles. The fourth-order valence-electron chi connectivity index (χ4n) is 3.78. The quantitative estimate of drug-likeness (QED) is 0.535. The van der Waals surface area contributed by atoms with Gasteiger partial charge in [-0.05, 0) is 67.6 Å². The summed E-state index contributed by atoms with van der Waals surface area (Å²) in [6.07, 6.45) is 4.07. The lowest BCUT2D eigenvalue weighted by molar-refractivity contribution is 0.0845. The van der Waals surface area contributed by atoms with E-state index >= 15 is 0 Å². The van der Waals surface area contributed by atoms with Gasteiger partial charge in [0, 0.05) is 27.7 Å². The Labute approximate surface area is 159 Å². The number of aromatic nitrogens is 1. The van der Waals surface area contributed by atoms with Crippen LogP contribution in [0.4, 0.5) is 8.78 Å². The van der Waals surface area contributed by atoms with E-state index in [1.54, 1.807) is 24.3 Å². The van der Waals surface area contributed by atoms with Crippen LogP contribution in [-0.2, 0) is 12.8 Å². The lowest BCUT2D eigenvalue weighted by Crippen LogP contribution is -2.23. The van der Waals surface area contributed by atoms with Crippen molar-refractivity contribution in [1.82, 2.24) is 4.98 Å². The number of benzene rings is 2. The second kappa shape index (κ2) is 7.01. The Kier molecular flexibility index (Phi) is 4.52. The number of aromatic amines is 1. The lowest BCUT2D eigenvalue weighted by atomic mass is 9.89. The molecule has 1 aliphatic rings. The SMILES string of the molecule is N#C[C@H](C(=O)c1ccc(F)c(F)c1)C(=O)c1ccc2[nH]c3c(c2c1)CCCC3. The van der Waals surface area contributed by atoms with Crippen LogP contribution in [0.15, 0.2) is 36.4 Å². The molecular formula is C22H16F2N2O2. The summed E-state index contributed by atoms with van der Waals surface area (Å²) < 4.78 is 26.5. The molecule has 0 bridgehead atoms. The van der Waals surface area contributed by atoms with Crippen LogP contribution >= 0.6 is 0 Å². The van der Waals surface area contributed by atoms with E-state index in [1.807, 2.05) is 0 Å². The van der Waals surface area contributed by atoms with E-state index in [-0.39, 0.29) is 11.1 Å². The predicted octanol–water partition coefficient (Wildman–Crippen LogP) is 4.53. The molecule has 0 fully saturated rings. The van der Waals surface area contributed by atoms with Gasteiger partial charge >= 0.3 is 0 Å². The number of rotatable bonds is 4. The van der Waals surface area contributed by atoms with Crippen LogP contribution in [0, 0.1) is 28.9 Å². The van der Waals surface area contributed by atoms with Gasteiger partial charge in [0.2, 0.25) is 0 Å². The fourth-order valence-corrected chi connectivity index (χ4v) is 3.78. The molecule has 0 aliphatic heterocycles. The molecular weight excluding hydrogens is 362 g/mol. The highest BCUT2D eigenvalue weighted by atomic mass is 19.2. The van der Waals surface area contributed by atoms with Gasteiger partial charge in [-0.3, -0.25) is 9.59 Å².